The highest BCUT2D eigenvalue weighted by Gasteiger charge is 2.39. The number of nitrogens with one attached hydrogen (secondary N) is 2. The van der Waals surface area contributed by atoms with E-state index in [0.717, 1.165) is 19.5 Å². The lowest BCUT2D eigenvalue weighted by Crippen LogP contribution is -2.49. The first-order valence-electron chi connectivity index (χ1n) is 7.44. The summed E-state index contributed by atoms with van der Waals surface area (Å²) in [6, 6.07) is 2.10. The predicted octanol–water partition coefficient (Wildman–Crippen LogP) is 1.12. The average Bonchev–Trinajstić information content (AvgIpc) is 2.62. The van der Waals surface area contributed by atoms with Crippen LogP contribution in [0.25, 0.3) is 0 Å². The summed E-state index contributed by atoms with van der Waals surface area (Å²) in [6.07, 6.45) is 6.83. The molecule has 0 aromatic carbocycles. The Hall–Kier alpha value is -0.610. The van der Waals surface area contributed by atoms with Crippen molar-refractivity contribution in [1.82, 2.24) is 15.5 Å². The Kier molecular flexibility index (Phi) is 5.01. The number of rotatable bonds is 6. The normalized spacial score (nSPS) is 31.6. The van der Waals surface area contributed by atoms with E-state index in [2.05, 4.69) is 29.5 Å². The van der Waals surface area contributed by atoms with Gasteiger partial charge in [0.15, 0.2) is 0 Å². The van der Waals surface area contributed by atoms with Crippen molar-refractivity contribution in [2.45, 2.75) is 63.6 Å². The number of carbonyl (C=O) groups excluding carboxylic acids is 1. The largest absolute Gasteiger partial charge is 0.356 e. The van der Waals surface area contributed by atoms with Gasteiger partial charge in [-0.2, -0.15) is 0 Å². The fourth-order valence-corrected chi connectivity index (χ4v) is 3.46. The summed E-state index contributed by atoms with van der Waals surface area (Å²) in [6.45, 7) is 3.85. The number of fused-ring (bicyclic) bond motifs is 2. The minimum Gasteiger partial charge on any atom is -0.356 e. The fraction of sp³-hybridized carbons (Fsp3) is 0.929. The average molecular weight is 253 g/mol. The zero-order valence-electron chi connectivity index (χ0n) is 11.7. The molecule has 2 heterocycles. The molecule has 0 aliphatic carbocycles. The maximum Gasteiger partial charge on any atom is 0.221 e. The van der Waals surface area contributed by atoms with Crippen LogP contribution in [-0.2, 0) is 4.79 Å². The van der Waals surface area contributed by atoms with E-state index >= 15 is 0 Å². The Balaban J connectivity index is 1.76. The van der Waals surface area contributed by atoms with Gasteiger partial charge in [-0.1, -0.05) is 6.92 Å². The van der Waals surface area contributed by atoms with E-state index in [1.807, 2.05) is 0 Å². The molecule has 2 aliphatic heterocycles. The van der Waals surface area contributed by atoms with Crippen LogP contribution in [0.2, 0.25) is 0 Å². The lowest BCUT2D eigenvalue weighted by Gasteiger charge is -2.38. The summed E-state index contributed by atoms with van der Waals surface area (Å²) in [5.74, 6) is 0.215. The lowest BCUT2D eigenvalue weighted by atomic mass is 9.97. The van der Waals surface area contributed by atoms with Crippen LogP contribution in [-0.4, -0.2) is 49.1 Å². The smallest absolute Gasteiger partial charge is 0.221 e. The van der Waals surface area contributed by atoms with Crippen LogP contribution < -0.4 is 10.6 Å². The van der Waals surface area contributed by atoms with Gasteiger partial charge in [0.25, 0.3) is 0 Å². The monoisotopic (exact) mass is 253 g/mol. The van der Waals surface area contributed by atoms with Gasteiger partial charge in [-0.3, -0.25) is 9.69 Å². The Morgan fingerprint density at radius 2 is 1.94 bits per heavy atom. The minimum atomic E-state index is 0.215. The Labute approximate surface area is 110 Å². The third kappa shape index (κ3) is 3.23. The molecule has 2 aliphatic rings. The van der Waals surface area contributed by atoms with Crippen LogP contribution in [0.5, 0.6) is 0 Å². The summed E-state index contributed by atoms with van der Waals surface area (Å²) in [7, 11) is 2.07. The molecule has 104 valence electrons. The molecule has 2 rings (SSSR count). The number of hydrogen-bond donors (Lipinski definition) is 2. The molecule has 18 heavy (non-hydrogen) atoms. The molecule has 2 unspecified atom stereocenters. The number of amides is 1. The second-order valence-corrected chi connectivity index (χ2v) is 5.68. The molecule has 0 saturated carbocycles. The van der Waals surface area contributed by atoms with Gasteiger partial charge in [0.2, 0.25) is 5.91 Å². The van der Waals surface area contributed by atoms with Gasteiger partial charge in [0, 0.05) is 37.6 Å². The topological polar surface area (TPSA) is 44.4 Å². The molecule has 4 heteroatoms. The van der Waals surface area contributed by atoms with Gasteiger partial charge in [0.05, 0.1) is 0 Å². The van der Waals surface area contributed by atoms with Gasteiger partial charge in [-0.25, -0.2) is 0 Å². The van der Waals surface area contributed by atoms with Crippen LogP contribution in [0.1, 0.15) is 45.4 Å². The molecule has 2 bridgehead atoms. The van der Waals surface area contributed by atoms with E-state index in [1.54, 1.807) is 0 Å². The quantitative estimate of drug-likeness (QED) is 0.745. The first-order chi connectivity index (χ1) is 8.74. The number of carbonyl (C=O) groups is 1. The van der Waals surface area contributed by atoms with Gasteiger partial charge in [0.1, 0.15) is 0 Å². The minimum absolute atomic E-state index is 0.215. The van der Waals surface area contributed by atoms with Crippen molar-refractivity contribution in [2.24, 2.45) is 0 Å². The molecule has 0 spiro atoms. The summed E-state index contributed by atoms with van der Waals surface area (Å²) in [4.78, 5) is 14.2. The van der Waals surface area contributed by atoms with Crippen LogP contribution >= 0.6 is 0 Å². The predicted molar refractivity (Wildman–Crippen MR) is 73.5 cm³/mol. The number of hydrogen-bond acceptors (Lipinski definition) is 3. The van der Waals surface area contributed by atoms with E-state index in [0.29, 0.717) is 24.5 Å². The molecule has 2 fully saturated rings. The van der Waals surface area contributed by atoms with Crippen molar-refractivity contribution >= 4 is 5.91 Å². The zero-order chi connectivity index (χ0) is 13.0. The standard InChI is InChI=1S/C14H27N3O/c1-3-7-16-14(18)6-8-17-12-4-5-13(17)10-11(9-12)15-2/h11-13,15H,3-10H2,1-2H3,(H,16,18). The molecule has 0 aromatic heterocycles. The van der Waals surface area contributed by atoms with Crippen molar-refractivity contribution < 1.29 is 4.79 Å². The second kappa shape index (κ2) is 6.53. The molecular formula is C14H27N3O. The third-order valence-corrected chi connectivity index (χ3v) is 4.46. The summed E-state index contributed by atoms with van der Waals surface area (Å²) in [5.41, 5.74) is 0. The summed E-state index contributed by atoms with van der Waals surface area (Å²) >= 11 is 0. The highest BCUT2D eigenvalue weighted by Crippen LogP contribution is 2.35. The number of piperidine rings is 1. The molecule has 0 aromatic rings. The lowest BCUT2D eigenvalue weighted by molar-refractivity contribution is -0.121. The fourth-order valence-electron chi connectivity index (χ4n) is 3.46. The Morgan fingerprint density at radius 3 is 2.50 bits per heavy atom. The maximum absolute atomic E-state index is 11.6. The van der Waals surface area contributed by atoms with Gasteiger partial charge in [-0.15, -0.1) is 0 Å². The molecule has 4 nitrogen and oxygen atoms in total. The van der Waals surface area contributed by atoms with Gasteiger partial charge >= 0.3 is 0 Å². The van der Waals surface area contributed by atoms with E-state index in [1.165, 1.54) is 25.7 Å². The van der Waals surface area contributed by atoms with E-state index < -0.39 is 0 Å². The molecule has 2 saturated heterocycles. The molecule has 2 atom stereocenters. The van der Waals surface area contributed by atoms with E-state index in [4.69, 9.17) is 0 Å². The third-order valence-electron chi connectivity index (χ3n) is 4.46. The Bertz CT molecular complexity index is 268. The highest BCUT2D eigenvalue weighted by atomic mass is 16.1. The van der Waals surface area contributed by atoms with Gasteiger partial charge < -0.3 is 10.6 Å². The first kappa shape index (κ1) is 13.8. The molecular weight excluding hydrogens is 226 g/mol. The SMILES string of the molecule is CCCNC(=O)CCN1C2CCC1CC(NC)C2. The number of nitrogens with zero attached hydrogens (tertiary/aromatic N) is 1. The van der Waals surface area contributed by atoms with Crippen LogP contribution in [0.4, 0.5) is 0 Å². The second-order valence-electron chi connectivity index (χ2n) is 5.68. The van der Waals surface area contributed by atoms with Crippen molar-refractivity contribution in [2.75, 3.05) is 20.1 Å². The molecule has 0 radical (unpaired) electrons. The van der Waals surface area contributed by atoms with Crippen molar-refractivity contribution in [3.63, 3.8) is 0 Å². The zero-order valence-corrected chi connectivity index (χ0v) is 11.7. The van der Waals surface area contributed by atoms with E-state index in [-0.39, 0.29) is 5.91 Å². The maximum atomic E-state index is 11.6. The summed E-state index contributed by atoms with van der Waals surface area (Å²) < 4.78 is 0. The van der Waals surface area contributed by atoms with Crippen LogP contribution in [0.3, 0.4) is 0 Å². The van der Waals surface area contributed by atoms with Gasteiger partial charge in [-0.05, 0) is 39.2 Å². The molecule has 1 amide bonds. The first-order valence-corrected chi connectivity index (χ1v) is 7.44. The van der Waals surface area contributed by atoms with Crippen LogP contribution in [0, 0.1) is 0 Å². The van der Waals surface area contributed by atoms with Crippen molar-refractivity contribution in [1.29, 1.82) is 0 Å². The highest BCUT2D eigenvalue weighted by molar-refractivity contribution is 5.76. The summed E-state index contributed by atoms with van der Waals surface area (Å²) in [5, 5.41) is 6.38. The van der Waals surface area contributed by atoms with Crippen molar-refractivity contribution in [3.8, 4) is 0 Å². The Morgan fingerprint density at radius 1 is 1.28 bits per heavy atom. The van der Waals surface area contributed by atoms with Crippen LogP contribution in [0.15, 0.2) is 0 Å². The van der Waals surface area contributed by atoms with E-state index in [9.17, 15) is 4.79 Å². The van der Waals surface area contributed by atoms with Crippen molar-refractivity contribution in [3.05, 3.63) is 0 Å². The molecule has 2 N–H and O–H groups in total.